The number of benzene rings is 1. The Kier molecular flexibility index (Phi) is 3.80. The lowest BCUT2D eigenvalue weighted by Crippen LogP contribution is -2.25. The Morgan fingerprint density at radius 2 is 1.80 bits per heavy atom. The molecule has 0 unspecified atom stereocenters. The number of pyridine rings is 1. The van der Waals surface area contributed by atoms with Crippen LogP contribution in [0, 0.1) is 0 Å². The summed E-state index contributed by atoms with van der Waals surface area (Å²) in [5.74, 6) is 0. The summed E-state index contributed by atoms with van der Waals surface area (Å²) in [6, 6.07) is 9.19. The first kappa shape index (κ1) is 15.8. The first-order valence-corrected chi connectivity index (χ1v) is 7.94. The summed E-state index contributed by atoms with van der Waals surface area (Å²) >= 11 is 0. The van der Waals surface area contributed by atoms with Crippen LogP contribution in [0.25, 0.3) is 16.9 Å². The van der Waals surface area contributed by atoms with E-state index in [0.717, 1.165) is 22.9 Å². The second kappa shape index (κ2) is 6.00. The van der Waals surface area contributed by atoms with Crippen LogP contribution in [-0.4, -0.2) is 21.3 Å². The molecule has 1 N–H and O–H groups in total. The SMILES string of the molecule is FC(F)(F)c1ccccc1-n1nc(-c2ccncc2)c2c1CCNC2. The zero-order valence-electron chi connectivity index (χ0n) is 13.2. The van der Waals surface area contributed by atoms with Crippen LogP contribution in [0.1, 0.15) is 16.8 Å². The molecule has 25 heavy (non-hydrogen) atoms. The molecule has 128 valence electrons. The van der Waals surface area contributed by atoms with Gasteiger partial charge < -0.3 is 5.32 Å². The van der Waals surface area contributed by atoms with Crippen LogP contribution in [0.4, 0.5) is 13.2 Å². The number of hydrogen-bond acceptors (Lipinski definition) is 3. The molecule has 0 amide bonds. The van der Waals surface area contributed by atoms with Gasteiger partial charge in [0, 0.05) is 43.0 Å². The number of para-hydroxylation sites is 1. The fourth-order valence-electron chi connectivity index (χ4n) is 3.19. The van der Waals surface area contributed by atoms with Crippen molar-refractivity contribution in [1.29, 1.82) is 0 Å². The third-order valence-electron chi connectivity index (χ3n) is 4.32. The zero-order valence-corrected chi connectivity index (χ0v) is 13.2. The van der Waals surface area contributed by atoms with Gasteiger partial charge in [-0.25, -0.2) is 4.68 Å². The van der Waals surface area contributed by atoms with Crippen molar-refractivity contribution in [2.75, 3.05) is 6.54 Å². The Balaban J connectivity index is 1.95. The fraction of sp³-hybridized carbons (Fsp3) is 0.222. The molecule has 0 radical (unpaired) electrons. The highest BCUT2D eigenvalue weighted by atomic mass is 19.4. The van der Waals surface area contributed by atoms with E-state index in [9.17, 15) is 13.2 Å². The Hall–Kier alpha value is -2.67. The Morgan fingerprint density at radius 1 is 1.04 bits per heavy atom. The lowest BCUT2D eigenvalue weighted by atomic mass is 10.0. The van der Waals surface area contributed by atoms with E-state index in [1.807, 2.05) is 12.1 Å². The lowest BCUT2D eigenvalue weighted by molar-refractivity contribution is -0.137. The minimum absolute atomic E-state index is 0.0634. The average molecular weight is 344 g/mol. The largest absolute Gasteiger partial charge is 0.418 e. The molecule has 0 atom stereocenters. The molecule has 7 heteroatoms. The van der Waals surface area contributed by atoms with Crippen LogP contribution in [0.2, 0.25) is 0 Å². The topological polar surface area (TPSA) is 42.7 Å². The maximum atomic E-state index is 13.4. The minimum atomic E-state index is -4.43. The van der Waals surface area contributed by atoms with Crippen LogP contribution in [-0.2, 0) is 19.1 Å². The van der Waals surface area contributed by atoms with E-state index in [-0.39, 0.29) is 5.69 Å². The van der Waals surface area contributed by atoms with Gasteiger partial charge in [0.05, 0.1) is 22.6 Å². The first-order chi connectivity index (χ1) is 12.1. The normalized spacial score (nSPS) is 14.4. The molecule has 1 aliphatic rings. The van der Waals surface area contributed by atoms with Crippen LogP contribution >= 0.6 is 0 Å². The fourth-order valence-corrected chi connectivity index (χ4v) is 3.19. The quantitative estimate of drug-likeness (QED) is 0.772. The maximum absolute atomic E-state index is 13.4. The molecule has 1 aliphatic heterocycles. The summed E-state index contributed by atoms with van der Waals surface area (Å²) in [4.78, 5) is 4.00. The number of alkyl halides is 3. The molecule has 3 heterocycles. The summed E-state index contributed by atoms with van der Waals surface area (Å²) in [7, 11) is 0. The van der Waals surface area contributed by atoms with Crippen molar-refractivity contribution < 1.29 is 13.2 Å². The van der Waals surface area contributed by atoms with Crippen molar-refractivity contribution in [1.82, 2.24) is 20.1 Å². The summed E-state index contributed by atoms with van der Waals surface area (Å²) in [6.07, 6.45) is -0.500. The first-order valence-electron chi connectivity index (χ1n) is 7.94. The summed E-state index contributed by atoms with van der Waals surface area (Å²) in [5, 5.41) is 7.82. The Bertz CT molecular complexity index is 900. The van der Waals surface area contributed by atoms with Gasteiger partial charge in [-0.1, -0.05) is 12.1 Å². The average Bonchev–Trinajstić information content (AvgIpc) is 3.01. The van der Waals surface area contributed by atoms with Crippen LogP contribution in [0.15, 0.2) is 48.8 Å². The number of nitrogens with one attached hydrogen (secondary N) is 1. The molecule has 2 aromatic heterocycles. The lowest BCUT2D eigenvalue weighted by Gasteiger charge is -2.18. The number of nitrogens with zero attached hydrogens (tertiary/aromatic N) is 3. The molecular formula is C18H15F3N4. The Morgan fingerprint density at radius 3 is 2.56 bits per heavy atom. The highest BCUT2D eigenvalue weighted by Crippen LogP contribution is 2.36. The van der Waals surface area contributed by atoms with E-state index in [1.165, 1.54) is 16.8 Å². The molecule has 4 nitrogen and oxygen atoms in total. The molecular weight excluding hydrogens is 329 g/mol. The van der Waals surface area contributed by atoms with Gasteiger partial charge in [0.2, 0.25) is 0 Å². The van der Waals surface area contributed by atoms with E-state index in [1.54, 1.807) is 18.5 Å². The minimum Gasteiger partial charge on any atom is -0.312 e. The maximum Gasteiger partial charge on any atom is 0.418 e. The summed E-state index contributed by atoms with van der Waals surface area (Å²) in [5.41, 5.74) is 2.69. The van der Waals surface area contributed by atoms with Gasteiger partial charge in [0.15, 0.2) is 0 Å². The van der Waals surface area contributed by atoms with Gasteiger partial charge in [0.25, 0.3) is 0 Å². The van der Waals surface area contributed by atoms with Gasteiger partial charge in [0.1, 0.15) is 0 Å². The van der Waals surface area contributed by atoms with Crippen LogP contribution < -0.4 is 5.32 Å². The van der Waals surface area contributed by atoms with E-state index >= 15 is 0 Å². The molecule has 0 saturated heterocycles. The van der Waals surface area contributed by atoms with Crippen molar-refractivity contribution in [3.05, 3.63) is 65.6 Å². The second-order valence-electron chi connectivity index (χ2n) is 5.86. The van der Waals surface area contributed by atoms with E-state index in [4.69, 9.17) is 0 Å². The summed E-state index contributed by atoms with van der Waals surface area (Å²) < 4.78 is 41.8. The predicted molar refractivity (Wildman–Crippen MR) is 87.2 cm³/mol. The van der Waals surface area contributed by atoms with Crippen molar-refractivity contribution in [3.63, 3.8) is 0 Å². The smallest absolute Gasteiger partial charge is 0.312 e. The van der Waals surface area contributed by atoms with Crippen molar-refractivity contribution in [2.45, 2.75) is 19.1 Å². The molecule has 0 spiro atoms. The number of fused-ring (bicyclic) bond motifs is 1. The molecule has 1 aromatic carbocycles. The monoisotopic (exact) mass is 344 g/mol. The van der Waals surface area contributed by atoms with Gasteiger partial charge in [-0.2, -0.15) is 18.3 Å². The van der Waals surface area contributed by atoms with Gasteiger partial charge in [-0.15, -0.1) is 0 Å². The molecule has 4 rings (SSSR count). The third kappa shape index (κ3) is 2.80. The highest BCUT2D eigenvalue weighted by molar-refractivity contribution is 5.65. The molecule has 0 aliphatic carbocycles. The molecule has 0 saturated carbocycles. The molecule has 0 bridgehead atoms. The molecule has 0 fully saturated rings. The predicted octanol–water partition coefficient (Wildman–Crippen LogP) is 3.60. The standard InChI is InChI=1S/C18H15F3N4/c19-18(20,21)14-3-1-2-4-16(14)25-15-7-10-23-11-13(15)17(24-25)12-5-8-22-9-6-12/h1-6,8-9,23H,7,10-11H2. The molecule has 3 aromatic rings. The van der Waals surface area contributed by atoms with Crippen molar-refractivity contribution >= 4 is 0 Å². The Labute approximate surface area is 142 Å². The van der Waals surface area contributed by atoms with E-state index in [2.05, 4.69) is 15.4 Å². The number of aromatic nitrogens is 3. The highest BCUT2D eigenvalue weighted by Gasteiger charge is 2.35. The van der Waals surface area contributed by atoms with Gasteiger partial charge in [-0.3, -0.25) is 4.98 Å². The third-order valence-corrected chi connectivity index (χ3v) is 4.32. The van der Waals surface area contributed by atoms with Crippen molar-refractivity contribution in [3.8, 4) is 16.9 Å². The second-order valence-corrected chi connectivity index (χ2v) is 5.86. The zero-order chi connectivity index (χ0) is 17.4. The van der Waals surface area contributed by atoms with Crippen LogP contribution in [0.5, 0.6) is 0 Å². The van der Waals surface area contributed by atoms with Gasteiger partial charge >= 0.3 is 6.18 Å². The number of halogens is 3. The summed E-state index contributed by atoms with van der Waals surface area (Å²) in [6.45, 7) is 1.30. The number of hydrogen-bond donors (Lipinski definition) is 1. The van der Waals surface area contributed by atoms with Gasteiger partial charge in [-0.05, 0) is 24.3 Å². The number of rotatable bonds is 2. The van der Waals surface area contributed by atoms with Crippen LogP contribution in [0.3, 0.4) is 0 Å². The van der Waals surface area contributed by atoms with E-state index in [0.29, 0.717) is 25.2 Å². The van der Waals surface area contributed by atoms with E-state index < -0.39 is 11.7 Å². The van der Waals surface area contributed by atoms with Crippen molar-refractivity contribution in [2.24, 2.45) is 0 Å².